The van der Waals surface area contributed by atoms with Crippen LogP contribution in [0.5, 0.6) is 0 Å². The Kier molecular flexibility index (Phi) is 9.25. The molecule has 8 fully saturated rings. The number of morpholine rings is 1. The van der Waals surface area contributed by atoms with Crippen LogP contribution in [0.3, 0.4) is 0 Å². The van der Waals surface area contributed by atoms with Crippen LogP contribution in [0.25, 0.3) is 0 Å². The van der Waals surface area contributed by atoms with Gasteiger partial charge in [0.2, 0.25) is 0 Å². The Morgan fingerprint density at radius 2 is 1.64 bits per heavy atom. The predicted molar refractivity (Wildman–Crippen MR) is 201 cm³/mol. The van der Waals surface area contributed by atoms with Crippen LogP contribution in [0.1, 0.15) is 121 Å². The molecule has 3 aliphatic heterocycles. The first kappa shape index (κ1) is 39.0. The summed E-state index contributed by atoms with van der Waals surface area (Å²) < 4.78 is 25.9. The van der Waals surface area contributed by atoms with Crippen molar-refractivity contribution in [3.63, 3.8) is 0 Å². The molecule has 2 spiro atoms. The number of nitrogens with zero attached hydrogens (tertiary/aromatic N) is 2. The first-order valence-corrected chi connectivity index (χ1v) is 21.3. The number of esters is 1. The van der Waals surface area contributed by atoms with Crippen LogP contribution in [-0.2, 0) is 23.7 Å². The highest BCUT2D eigenvalue weighted by Gasteiger charge is 2.84. The molecule has 302 valence electrons. The van der Waals surface area contributed by atoms with E-state index in [1.54, 1.807) is 13.8 Å². The number of hydrogen-bond acceptors (Lipinski definition) is 10. The minimum absolute atomic E-state index is 0.0237. The maximum absolute atomic E-state index is 12.6. The van der Waals surface area contributed by atoms with Crippen molar-refractivity contribution in [2.45, 2.75) is 175 Å². The number of aliphatic hydroxyl groups excluding tert-OH is 1. The molecule has 10 nitrogen and oxygen atoms in total. The lowest BCUT2D eigenvalue weighted by Gasteiger charge is -2.64. The zero-order chi connectivity index (χ0) is 38.3. The number of β-amino-alcohol motifs (C(OH)–C–C–N with tert-alkyl or cyclic N) is 1. The van der Waals surface area contributed by atoms with Crippen molar-refractivity contribution in [3.05, 3.63) is 0 Å². The molecule has 3 heterocycles. The van der Waals surface area contributed by atoms with Crippen LogP contribution >= 0.6 is 0 Å². The second-order valence-electron chi connectivity index (χ2n) is 21.8. The molecular weight excluding hydrogens is 672 g/mol. The molecular formula is C43H72N2O8. The highest BCUT2D eigenvalue weighted by atomic mass is 16.7. The first-order chi connectivity index (χ1) is 24.6. The maximum Gasteiger partial charge on any atom is 0.303 e. The molecule has 53 heavy (non-hydrogen) atoms. The number of hydrogen-bond donors (Lipinski definition) is 3. The Morgan fingerprint density at radius 3 is 2.30 bits per heavy atom. The number of rotatable bonds is 8. The van der Waals surface area contributed by atoms with Gasteiger partial charge in [0.15, 0.2) is 12.4 Å². The third-order valence-corrected chi connectivity index (χ3v) is 17.5. The fourth-order valence-electron chi connectivity index (χ4n) is 15.3. The summed E-state index contributed by atoms with van der Waals surface area (Å²) in [5, 5.41) is 34.0. The molecule has 5 aliphatic carbocycles. The molecule has 3 saturated heterocycles. The predicted octanol–water partition coefficient (Wildman–Crippen LogP) is 5.00. The smallest absolute Gasteiger partial charge is 0.303 e. The molecule has 5 saturated carbocycles. The van der Waals surface area contributed by atoms with Crippen molar-refractivity contribution in [1.29, 1.82) is 0 Å². The van der Waals surface area contributed by atoms with Crippen LogP contribution in [0, 0.1) is 50.7 Å². The number of carbonyl (C=O) groups excluding carboxylic acids is 1. The summed E-state index contributed by atoms with van der Waals surface area (Å²) in [5.41, 5.74) is -1.71. The lowest BCUT2D eigenvalue weighted by Crippen LogP contribution is -2.64. The number of ether oxygens (including phenoxy) is 4. The lowest BCUT2D eigenvalue weighted by molar-refractivity contribution is -0.253. The highest BCUT2D eigenvalue weighted by molar-refractivity contribution is 5.66. The van der Waals surface area contributed by atoms with Crippen molar-refractivity contribution < 1.29 is 39.1 Å². The summed E-state index contributed by atoms with van der Waals surface area (Å²) in [4.78, 5) is 17.0. The van der Waals surface area contributed by atoms with Crippen LogP contribution in [0.4, 0.5) is 0 Å². The SMILES string of the molecule is CC(=O)O[C@@H]([C@H]1C[C@@H](C)[C@H]2[C@H](O1)[C@H](O)[C@@]1(C)[C@@H]3CC[C@H]4C(C)(C)[C@@H](O[C@H]5CN(C6CN(CC(C)(C)O)C6)CCO5)CC[C@@]45C[C@@]35CC[C@]21C)C(C)(C)O. The molecule has 0 aromatic carbocycles. The van der Waals surface area contributed by atoms with E-state index in [2.05, 4.69) is 44.4 Å². The maximum atomic E-state index is 12.6. The van der Waals surface area contributed by atoms with Crippen molar-refractivity contribution in [3.8, 4) is 0 Å². The zero-order valence-corrected chi connectivity index (χ0v) is 34.5. The molecule has 10 heteroatoms. The van der Waals surface area contributed by atoms with Crippen molar-refractivity contribution >= 4 is 5.97 Å². The highest BCUT2D eigenvalue weighted by Crippen LogP contribution is 2.89. The van der Waals surface area contributed by atoms with E-state index in [4.69, 9.17) is 18.9 Å². The number of aliphatic hydroxyl groups is 3. The fourth-order valence-corrected chi connectivity index (χ4v) is 15.3. The van der Waals surface area contributed by atoms with Crippen LogP contribution in [-0.4, -0.2) is 124 Å². The molecule has 0 aromatic rings. The normalized spacial score (nSPS) is 49.0. The Morgan fingerprint density at radius 1 is 0.962 bits per heavy atom. The molecule has 0 radical (unpaired) electrons. The van der Waals surface area contributed by atoms with Gasteiger partial charge in [0.1, 0.15) is 0 Å². The first-order valence-electron chi connectivity index (χ1n) is 21.3. The summed E-state index contributed by atoms with van der Waals surface area (Å²) in [7, 11) is 0. The van der Waals surface area contributed by atoms with E-state index in [0.717, 1.165) is 51.9 Å². The number of likely N-dealkylation sites (tertiary alicyclic amines) is 1. The quantitative estimate of drug-likeness (QED) is 0.293. The van der Waals surface area contributed by atoms with Gasteiger partial charge in [0, 0.05) is 51.1 Å². The molecule has 14 atom stereocenters. The van der Waals surface area contributed by atoms with Gasteiger partial charge in [-0.3, -0.25) is 14.6 Å². The van der Waals surface area contributed by atoms with Gasteiger partial charge >= 0.3 is 5.97 Å². The summed E-state index contributed by atoms with van der Waals surface area (Å²) in [6.45, 7) is 25.8. The molecule has 0 unspecified atom stereocenters. The van der Waals surface area contributed by atoms with E-state index in [1.165, 1.54) is 26.2 Å². The average Bonchev–Trinajstić information content (AvgIpc) is 3.66. The molecule has 3 N–H and O–H groups in total. The fraction of sp³-hybridized carbons (Fsp3) is 0.977. The van der Waals surface area contributed by atoms with Crippen molar-refractivity contribution in [2.24, 2.45) is 50.7 Å². The Hall–Kier alpha value is -0.850. The van der Waals surface area contributed by atoms with Gasteiger partial charge < -0.3 is 34.3 Å². The standard InChI is InChI=1S/C43H72N2O8/c1-25-19-28(36(39(7,8)49)51-26(2)46)52-34-33(25)40(9)15-16-43-23-42(43)14-13-31(38(5,6)29(42)11-12-30(43)41(40,10)35(34)47)53-32-22-45(17-18-50-32)27-20-44(21-27)24-37(3,4)48/h25,27-36,47-49H,11-24H2,1-10H3/t25-,28-,29+,30+,31+,32+,33+,34+,35+,36+,40-,41-,42-,43+/m1/s1. The Bertz CT molecular complexity index is 1420. The van der Waals surface area contributed by atoms with Gasteiger partial charge in [-0.2, -0.15) is 0 Å². The van der Waals surface area contributed by atoms with Crippen LogP contribution in [0.2, 0.25) is 0 Å². The van der Waals surface area contributed by atoms with E-state index in [0.29, 0.717) is 42.9 Å². The van der Waals surface area contributed by atoms with E-state index in [1.807, 2.05) is 13.8 Å². The molecule has 0 aromatic heterocycles. The van der Waals surface area contributed by atoms with Gasteiger partial charge in [0.05, 0.1) is 42.2 Å². The van der Waals surface area contributed by atoms with Crippen molar-refractivity contribution in [1.82, 2.24) is 9.80 Å². The van der Waals surface area contributed by atoms with Gasteiger partial charge in [0.25, 0.3) is 0 Å². The van der Waals surface area contributed by atoms with E-state index < -0.39 is 35.5 Å². The second kappa shape index (κ2) is 12.6. The summed E-state index contributed by atoms with van der Waals surface area (Å²) in [6.07, 6.45) is 6.55. The van der Waals surface area contributed by atoms with Gasteiger partial charge in [-0.1, -0.05) is 34.6 Å². The molecule has 8 aliphatic rings. The summed E-state index contributed by atoms with van der Waals surface area (Å²) in [5.74, 6) is 1.06. The molecule has 8 rings (SSSR count). The summed E-state index contributed by atoms with van der Waals surface area (Å²) >= 11 is 0. The van der Waals surface area contributed by atoms with E-state index in [9.17, 15) is 20.1 Å². The average molecular weight is 745 g/mol. The second-order valence-corrected chi connectivity index (χ2v) is 21.8. The number of fused-ring (bicyclic) bond motifs is 4. The zero-order valence-electron chi connectivity index (χ0n) is 34.5. The van der Waals surface area contributed by atoms with Gasteiger partial charge in [-0.05, 0) is 124 Å². The largest absolute Gasteiger partial charge is 0.457 e. The third kappa shape index (κ3) is 5.78. The minimum atomic E-state index is -1.26. The van der Waals surface area contributed by atoms with E-state index >= 15 is 0 Å². The Balaban J connectivity index is 0.970. The van der Waals surface area contributed by atoms with E-state index in [-0.39, 0.29) is 52.0 Å². The topological polar surface area (TPSA) is 121 Å². The van der Waals surface area contributed by atoms with Gasteiger partial charge in [-0.15, -0.1) is 0 Å². The van der Waals surface area contributed by atoms with Crippen molar-refractivity contribution in [2.75, 3.05) is 39.3 Å². The van der Waals surface area contributed by atoms with Crippen LogP contribution in [0.15, 0.2) is 0 Å². The monoisotopic (exact) mass is 745 g/mol. The summed E-state index contributed by atoms with van der Waals surface area (Å²) in [6, 6.07) is 0.501. The Labute approximate surface area is 319 Å². The minimum Gasteiger partial charge on any atom is -0.457 e. The molecule has 0 bridgehead atoms. The van der Waals surface area contributed by atoms with Crippen LogP contribution < -0.4 is 0 Å². The third-order valence-electron chi connectivity index (χ3n) is 17.5. The number of carbonyl (C=O) groups is 1. The molecule has 0 amide bonds. The van der Waals surface area contributed by atoms with Gasteiger partial charge in [-0.25, -0.2) is 0 Å². The lowest BCUT2D eigenvalue weighted by atomic mass is 9.41.